The highest BCUT2D eigenvalue weighted by Crippen LogP contribution is 2.09. The molecule has 0 saturated heterocycles. The molecule has 0 rings (SSSR count). The summed E-state index contributed by atoms with van der Waals surface area (Å²) < 4.78 is 4.63. The third kappa shape index (κ3) is 6.90. The summed E-state index contributed by atoms with van der Waals surface area (Å²) >= 11 is 1.79. The fraction of sp³-hybridized carbons (Fsp3) is 0.889. The van der Waals surface area contributed by atoms with Gasteiger partial charge in [0.25, 0.3) is 0 Å². The molecule has 0 saturated carbocycles. The lowest BCUT2D eigenvalue weighted by Gasteiger charge is -2.11. The molecular weight excluding hydrogens is 186 g/mol. The highest BCUT2D eigenvalue weighted by Gasteiger charge is 2.12. The Bertz CT molecular complexity index is 151. The van der Waals surface area contributed by atoms with Crippen molar-refractivity contribution in [3.05, 3.63) is 0 Å². The van der Waals surface area contributed by atoms with Crippen LogP contribution in [-0.2, 0) is 9.53 Å². The molecule has 0 radical (unpaired) electrons. The van der Waals surface area contributed by atoms with Gasteiger partial charge < -0.3 is 9.64 Å². The largest absolute Gasteiger partial charge is 0.469 e. The molecule has 0 aromatic rings. The van der Waals surface area contributed by atoms with Crippen LogP contribution >= 0.6 is 11.8 Å². The summed E-state index contributed by atoms with van der Waals surface area (Å²) in [6, 6.07) is 0. The van der Waals surface area contributed by atoms with Gasteiger partial charge in [-0.05, 0) is 14.1 Å². The van der Waals surface area contributed by atoms with Crippen molar-refractivity contribution in [1.82, 2.24) is 4.90 Å². The summed E-state index contributed by atoms with van der Waals surface area (Å²) in [5, 5.41) is 0. The molecular formula is C9H19NO2S. The third-order valence-electron chi connectivity index (χ3n) is 1.65. The summed E-state index contributed by atoms with van der Waals surface area (Å²) in [6.45, 7) is 2.95. The Morgan fingerprint density at radius 2 is 2.15 bits per heavy atom. The fourth-order valence-corrected chi connectivity index (χ4v) is 1.93. The van der Waals surface area contributed by atoms with Gasteiger partial charge in [-0.2, -0.15) is 11.8 Å². The Kier molecular flexibility index (Phi) is 7.09. The van der Waals surface area contributed by atoms with E-state index >= 15 is 0 Å². The van der Waals surface area contributed by atoms with Crippen LogP contribution in [0.4, 0.5) is 0 Å². The summed E-state index contributed by atoms with van der Waals surface area (Å²) in [6.07, 6.45) is 0. The molecule has 1 unspecified atom stereocenters. The highest BCUT2D eigenvalue weighted by atomic mass is 32.2. The molecule has 0 N–H and O–H groups in total. The zero-order valence-electron chi connectivity index (χ0n) is 8.87. The average Bonchev–Trinajstić information content (AvgIpc) is 2.10. The minimum absolute atomic E-state index is 0.0113. The summed E-state index contributed by atoms with van der Waals surface area (Å²) in [4.78, 5) is 13.1. The van der Waals surface area contributed by atoms with Gasteiger partial charge in [-0.15, -0.1) is 0 Å². The minimum atomic E-state index is -0.114. The maximum Gasteiger partial charge on any atom is 0.309 e. The first-order valence-corrected chi connectivity index (χ1v) is 5.53. The molecule has 0 aliphatic carbocycles. The molecule has 78 valence electrons. The smallest absolute Gasteiger partial charge is 0.309 e. The van der Waals surface area contributed by atoms with E-state index in [2.05, 4.69) is 9.64 Å². The first-order valence-electron chi connectivity index (χ1n) is 4.38. The van der Waals surface area contributed by atoms with Crippen molar-refractivity contribution in [2.75, 3.05) is 39.3 Å². The van der Waals surface area contributed by atoms with Crippen LogP contribution in [0.5, 0.6) is 0 Å². The molecule has 0 spiro atoms. The highest BCUT2D eigenvalue weighted by molar-refractivity contribution is 7.99. The number of thioether (sulfide) groups is 1. The first kappa shape index (κ1) is 12.8. The number of carbonyl (C=O) groups excluding carboxylic acids is 1. The Balaban J connectivity index is 3.37. The summed E-state index contributed by atoms with van der Waals surface area (Å²) in [7, 11) is 5.53. The van der Waals surface area contributed by atoms with Crippen molar-refractivity contribution < 1.29 is 9.53 Å². The lowest BCUT2D eigenvalue weighted by molar-refractivity contribution is -0.143. The van der Waals surface area contributed by atoms with Gasteiger partial charge in [0.2, 0.25) is 0 Å². The van der Waals surface area contributed by atoms with Crippen LogP contribution in [0.25, 0.3) is 0 Å². The Labute approximate surface area is 84.8 Å². The molecule has 0 aliphatic heterocycles. The van der Waals surface area contributed by atoms with E-state index < -0.39 is 0 Å². The molecule has 3 nitrogen and oxygen atoms in total. The monoisotopic (exact) mass is 205 g/mol. The van der Waals surface area contributed by atoms with Crippen LogP contribution in [0.15, 0.2) is 0 Å². The van der Waals surface area contributed by atoms with Crippen LogP contribution in [0.3, 0.4) is 0 Å². The maximum absolute atomic E-state index is 11.0. The SMILES string of the molecule is COC(=O)C(C)CSCCN(C)C. The van der Waals surface area contributed by atoms with Gasteiger partial charge in [0.05, 0.1) is 13.0 Å². The second-order valence-corrected chi connectivity index (χ2v) is 4.45. The van der Waals surface area contributed by atoms with Gasteiger partial charge in [0, 0.05) is 18.1 Å². The second-order valence-electron chi connectivity index (χ2n) is 3.30. The standard InChI is InChI=1S/C9H19NO2S/c1-8(9(11)12-4)7-13-6-5-10(2)3/h8H,5-7H2,1-4H3. The predicted octanol–water partition coefficient (Wildman–Crippen LogP) is 1.09. The van der Waals surface area contributed by atoms with Crippen molar-refractivity contribution in [1.29, 1.82) is 0 Å². The summed E-state index contributed by atoms with van der Waals surface area (Å²) in [5.41, 5.74) is 0. The van der Waals surface area contributed by atoms with E-state index in [1.807, 2.05) is 21.0 Å². The first-order chi connectivity index (χ1) is 6.07. The molecule has 0 bridgehead atoms. The zero-order chi connectivity index (χ0) is 10.3. The number of esters is 1. The van der Waals surface area contributed by atoms with Gasteiger partial charge in [-0.25, -0.2) is 0 Å². The molecule has 13 heavy (non-hydrogen) atoms. The molecule has 0 aromatic heterocycles. The number of ether oxygens (including phenoxy) is 1. The molecule has 1 atom stereocenters. The zero-order valence-corrected chi connectivity index (χ0v) is 9.69. The molecule has 4 heteroatoms. The normalized spacial score (nSPS) is 13.0. The van der Waals surface area contributed by atoms with Gasteiger partial charge in [-0.1, -0.05) is 6.92 Å². The van der Waals surface area contributed by atoms with Crippen molar-refractivity contribution in [3.8, 4) is 0 Å². The average molecular weight is 205 g/mol. The van der Waals surface area contributed by atoms with Gasteiger partial charge >= 0.3 is 5.97 Å². The van der Waals surface area contributed by atoms with Crippen LogP contribution in [0.1, 0.15) is 6.92 Å². The third-order valence-corrected chi connectivity index (χ3v) is 2.86. The Hall–Kier alpha value is -0.220. The van der Waals surface area contributed by atoms with Crippen molar-refractivity contribution in [2.45, 2.75) is 6.92 Å². The number of nitrogens with zero attached hydrogens (tertiary/aromatic N) is 1. The number of carbonyl (C=O) groups is 1. The number of methoxy groups -OCH3 is 1. The topological polar surface area (TPSA) is 29.5 Å². The van der Waals surface area contributed by atoms with E-state index in [4.69, 9.17) is 0 Å². The Morgan fingerprint density at radius 3 is 2.62 bits per heavy atom. The quantitative estimate of drug-likeness (QED) is 0.479. The molecule has 0 aliphatic rings. The van der Waals surface area contributed by atoms with E-state index in [0.29, 0.717) is 0 Å². The van der Waals surface area contributed by atoms with E-state index in [1.165, 1.54) is 7.11 Å². The van der Waals surface area contributed by atoms with Gasteiger partial charge in [-0.3, -0.25) is 4.79 Å². The minimum Gasteiger partial charge on any atom is -0.469 e. The number of hydrogen-bond donors (Lipinski definition) is 0. The van der Waals surface area contributed by atoms with E-state index in [-0.39, 0.29) is 11.9 Å². The molecule has 0 fully saturated rings. The van der Waals surface area contributed by atoms with Gasteiger partial charge in [0.1, 0.15) is 0 Å². The van der Waals surface area contributed by atoms with Crippen LogP contribution in [0, 0.1) is 5.92 Å². The molecule has 0 amide bonds. The second kappa shape index (κ2) is 7.21. The van der Waals surface area contributed by atoms with E-state index in [9.17, 15) is 4.79 Å². The lowest BCUT2D eigenvalue weighted by Crippen LogP contribution is -2.18. The molecule has 0 aromatic carbocycles. The van der Waals surface area contributed by atoms with Crippen LogP contribution in [0.2, 0.25) is 0 Å². The maximum atomic E-state index is 11.0. The summed E-state index contributed by atoms with van der Waals surface area (Å²) in [5.74, 6) is 1.81. The lowest BCUT2D eigenvalue weighted by atomic mass is 10.2. The predicted molar refractivity (Wildman–Crippen MR) is 57.1 cm³/mol. The van der Waals surface area contributed by atoms with Crippen molar-refractivity contribution in [3.63, 3.8) is 0 Å². The van der Waals surface area contributed by atoms with E-state index in [1.54, 1.807) is 11.8 Å². The van der Waals surface area contributed by atoms with Crippen LogP contribution in [-0.4, -0.2) is 50.1 Å². The van der Waals surface area contributed by atoms with Crippen molar-refractivity contribution >= 4 is 17.7 Å². The fourth-order valence-electron chi connectivity index (χ4n) is 0.776. The molecule has 0 heterocycles. The number of rotatable bonds is 6. The van der Waals surface area contributed by atoms with E-state index in [0.717, 1.165) is 18.1 Å². The van der Waals surface area contributed by atoms with Crippen LogP contribution < -0.4 is 0 Å². The number of hydrogen-bond acceptors (Lipinski definition) is 4. The van der Waals surface area contributed by atoms with Crippen molar-refractivity contribution in [2.24, 2.45) is 5.92 Å². The Morgan fingerprint density at radius 1 is 1.54 bits per heavy atom. The van der Waals surface area contributed by atoms with Gasteiger partial charge in [0.15, 0.2) is 0 Å².